The van der Waals surface area contributed by atoms with Gasteiger partial charge < -0.3 is 33.3 Å². The molecule has 91 heavy (non-hydrogen) atoms. The van der Waals surface area contributed by atoms with Gasteiger partial charge in [-0.25, -0.2) is 0 Å². The molecule has 0 heterocycles. The van der Waals surface area contributed by atoms with Crippen molar-refractivity contribution in [3.05, 3.63) is 170 Å². The predicted octanol–water partition coefficient (Wildman–Crippen LogP) is 21.7. The van der Waals surface area contributed by atoms with Gasteiger partial charge in [-0.1, -0.05) is 300 Å². The number of hydrogen-bond acceptors (Lipinski definition) is 8. The maximum absolute atomic E-state index is 13.0. The molecule has 0 fully saturated rings. The van der Waals surface area contributed by atoms with Crippen molar-refractivity contribution < 1.29 is 42.9 Å². The van der Waals surface area contributed by atoms with Gasteiger partial charge in [-0.3, -0.25) is 9.59 Å². The van der Waals surface area contributed by atoms with Gasteiger partial charge in [0.15, 0.2) is 12.4 Å². The van der Waals surface area contributed by atoms with Crippen molar-refractivity contribution in [2.75, 3.05) is 47.5 Å². The van der Waals surface area contributed by atoms with Crippen molar-refractivity contribution >= 4 is 17.9 Å². The van der Waals surface area contributed by atoms with Crippen LogP contribution in [0, 0.1) is 0 Å². The second kappa shape index (κ2) is 70.5. The van der Waals surface area contributed by atoms with Gasteiger partial charge in [0.25, 0.3) is 0 Å². The average molecular weight is 1260 g/mol. The van der Waals surface area contributed by atoms with Gasteiger partial charge in [0.05, 0.1) is 40.3 Å². The van der Waals surface area contributed by atoms with Gasteiger partial charge in [0, 0.05) is 12.8 Å². The quantitative estimate of drug-likeness (QED) is 0.0195. The smallest absolute Gasteiger partial charge is 0.306 e. The van der Waals surface area contributed by atoms with E-state index in [1.807, 2.05) is 21.1 Å². The topological polar surface area (TPSA) is 111 Å². The SMILES string of the molecule is CC/C=C\C/C=C\C/C=C\C/C=C\C/C=C\C/C=C\C/C=C\CCCCCCCCCCCCCCCC(=O)OC(COC(=O)CCCCCCCCCCC/C=C\C/C=C\C/C=C\C/C=C\C/C=C\C/C=C\C/C=C\CC)COC(OCC[N+](C)(C)C)C(=O)[O-]. The number of carboxylic acid groups (broad SMARTS) is 1. The Labute approximate surface area is 558 Å². The molecule has 0 amide bonds. The number of aliphatic carboxylic acids is 1. The van der Waals surface area contributed by atoms with Crippen molar-refractivity contribution in [3.8, 4) is 0 Å². The Morgan fingerprint density at radius 3 is 0.879 bits per heavy atom. The van der Waals surface area contributed by atoms with Crippen LogP contribution < -0.4 is 5.11 Å². The van der Waals surface area contributed by atoms with E-state index in [1.165, 1.54) is 96.3 Å². The lowest BCUT2D eigenvalue weighted by molar-refractivity contribution is -0.870. The van der Waals surface area contributed by atoms with Crippen LogP contribution in [0.5, 0.6) is 0 Å². The lowest BCUT2D eigenvalue weighted by Gasteiger charge is -2.26. The molecule has 0 aliphatic carbocycles. The zero-order chi connectivity index (χ0) is 66.1. The van der Waals surface area contributed by atoms with E-state index in [0.717, 1.165) is 141 Å². The van der Waals surface area contributed by atoms with Gasteiger partial charge in [-0.05, 0) is 128 Å². The fourth-order valence-corrected chi connectivity index (χ4v) is 9.50. The van der Waals surface area contributed by atoms with Crippen molar-refractivity contribution in [2.45, 2.75) is 283 Å². The zero-order valence-electron chi connectivity index (χ0n) is 58.6. The minimum atomic E-state index is -1.63. The highest BCUT2D eigenvalue weighted by Gasteiger charge is 2.22. The Morgan fingerprint density at radius 1 is 0.330 bits per heavy atom. The molecule has 0 aliphatic heterocycles. The number of esters is 2. The van der Waals surface area contributed by atoms with Crippen LogP contribution in [0.4, 0.5) is 0 Å². The van der Waals surface area contributed by atoms with E-state index in [9.17, 15) is 19.5 Å². The summed E-state index contributed by atoms with van der Waals surface area (Å²) in [5.41, 5.74) is 0. The molecule has 2 atom stereocenters. The highest BCUT2D eigenvalue weighted by atomic mass is 16.7. The first kappa shape index (κ1) is 85.7. The molecule has 0 saturated carbocycles. The number of carbonyl (C=O) groups excluding carboxylic acids is 3. The van der Waals surface area contributed by atoms with Gasteiger partial charge in [-0.2, -0.15) is 0 Å². The van der Waals surface area contributed by atoms with E-state index in [0.29, 0.717) is 17.4 Å². The Morgan fingerprint density at radius 2 is 0.593 bits per heavy atom. The van der Waals surface area contributed by atoms with Crippen LogP contribution in [-0.4, -0.2) is 82.3 Å². The molecule has 2 unspecified atom stereocenters. The Balaban J connectivity index is 4.17. The summed E-state index contributed by atoms with van der Waals surface area (Å²) in [6, 6.07) is 0. The summed E-state index contributed by atoms with van der Waals surface area (Å²) < 4.78 is 22.8. The van der Waals surface area contributed by atoms with Crippen molar-refractivity contribution in [2.24, 2.45) is 0 Å². The largest absolute Gasteiger partial charge is 0.545 e. The average Bonchev–Trinajstić information content (AvgIpc) is 3.46. The van der Waals surface area contributed by atoms with Gasteiger partial charge in [0.1, 0.15) is 13.2 Å². The van der Waals surface area contributed by atoms with Crippen molar-refractivity contribution in [1.82, 2.24) is 0 Å². The maximum Gasteiger partial charge on any atom is 0.306 e. The van der Waals surface area contributed by atoms with Gasteiger partial charge >= 0.3 is 11.9 Å². The standard InChI is InChI=1S/C82H133NO8/c1-6-8-10-12-14-16-18-20-22-24-26-28-30-32-34-36-38-39-40-41-43-45-47-49-51-53-55-57-59-61-63-65-67-69-71-73-80(85)91-78(77-90-82(81(86)87)88-75-74-83(3,4)5)76-89-79(84)72-70-68-66-64-62-60-58-56-54-52-50-48-46-44-42-37-35-33-31-29-27-25-23-21-19-17-15-13-11-9-7-2/h8-11,14-17,20-23,26-29,32-35,38-39,41-44,48,50,78,82H,6-7,12-13,18-19,24-25,30-31,36-37,40,45-47,49,51-77H2,1-5H3/b10-8-,11-9-,16-14-,17-15-,22-20-,23-21-,28-26-,29-27-,34-32-,35-33-,39-38-,43-41-,44-42-,50-48-. The fraction of sp³-hybridized carbons (Fsp3) is 0.622. The number of carbonyl (C=O) groups is 3. The van der Waals surface area contributed by atoms with Crippen LogP contribution >= 0.6 is 0 Å². The summed E-state index contributed by atoms with van der Waals surface area (Å²) in [5.74, 6) is -2.30. The molecule has 0 aromatic rings. The van der Waals surface area contributed by atoms with E-state index >= 15 is 0 Å². The molecule has 0 aromatic carbocycles. The highest BCUT2D eigenvalue weighted by Crippen LogP contribution is 2.16. The normalized spacial score (nSPS) is 13.7. The number of rotatable bonds is 65. The first-order chi connectivity index (χ1) is 44.6. The van der Waals surface area contributed by atoms with Crippen LogP contribution in [0.1, 0.15) is 271 Å². The van der Waals surface area contributed by atoms with E-state index < -0.39 is 24.3 Å². The minimum absolute atomic E-state index is 0.138. The first-order valence-electron chi connectivity index (χ1n) is 36.3. The van der Waals surface area contributed by atoms with Crippen LogP contribution in [0.25, 0.3) is 0 Å². The van der Waals surface area contributed by atoms with Crippen LogP contribution in [0.3, 0.4) is 0 Å². The number of ether oxygens (including phenoxy) is 4. The third-order valence-electron chi connectivity index (χ3n) is 15.0. The molecule has 0 saturated heterocycles. The molecule has 0 aliphatic rings. The number of allylic oxidation sites excluding steroid dienone is 28. The molecule has 0 bridgehead atoms. The van der Waals surface area contributed by atoms with Crippen molar-refractivity contribution in [1.29, 1.82) is 0 Å². The molecule has 0 radical (unpaired) electrons. The fourth-order valence-electron chi connectivity index (χ4n) is 9.50. The predicted molar refractivity (Wildman–Crippen MR) is 388 cm³/mol. The molecular weight excluding hydrogens is 1130 g/mol. The Hall–Kier alpha value is -5.35. The molecule has 514 valence electrons. The number of nitrogens with zero attached hydrogens (tertiary/aromatic N) is 1. The minimum Gasteiger partial charge on any atom is -0.545 e. The molecule has 0 rings (SSSR count). The lowest BCUT2D eigenvalue weighted by atomic mass is 10.0. The lowest BCUT2D eigenvalue weighted by Crippen LogP contribution is -2.44. The third kappa shape index (κ3) is 71.9. The third-order valence-corrected chi connectivity index (χ3v) is 15.0. The molecule has 9 nitrogen and oxygen atoms in total. The van der Waals surface area contributed by atoms with Gasteiger partial charge in [0.2, 0.25) is 0 Å². The van der Waals surface area contributed by atoms with Crippen molar-refractivity contribution in [3.63, 3.8) is 0 Å². The summed E-state index contributed by atoms with van der Waals surface area (Å²) in [5, 5.41) is 11.8. The summed E-state index contributed by atoms with van der Waals surface area (Å²) >= 11 is 0. The number of hydrogen-bond donors (Lipinski definition) is 0. The van der Waals surface area contributed by atoms with E-state index in [4.69, 9.17) is 18.9 Å². The van der Waals surface area contributed by atoms with Crippen LogP contribution in [0.2, 0.25) is 0 Å². The number of unbranched alkanes of at least 4 members (excludes halogenated alkanes) is 22. The number of quaternary nitrogens is 1. The Kier molecular flexibility index (Phi) is 66.4. The van der Waals surface area contributed by atoms with E-state index in [1.54, 1.807) is 0 Å². The number of likely N-dealkylation sites (N-methyl/N-ethyl adjacent to an activating group) is 1. The zero-order valence-corrected chi connectivity index (χ0v) is 58.6. The molecule has 0 N–H and O–H groups in total. The summed E-state index contributed by atoms with van der Waals surface area (Å²) in [6.45, 7) is 4.51. The second-order valence-electron chi connectivity index (χ2n) is 24.8. The maximum atomic E-state index is 13.0. The van der Waals surface area contributed by atoms with Crippen LogP contribution in [0.15, 0.2) is 170 Å². The first-order valence-corrected chi connectivity index (χ1v) is 36.3. The summed E-state index contributed by atoms with van der Waals surface area (Å²) in [7, 11) is 5.92. The van der Waals surface area contributed by atoms with E-state index in [-0.39, 0.29) is 38.6 Å². The summed E-state index contributed by atoms with van der Waals surface area (Å²) in [4.78, 5) is 37.5. The van der Waals surface area contributed by atoms with E-state index in [2.05, 4.69) is 184 Å². The highest BCUT2D eigenvalue weighted by molar-refractivity contribution is 5.70. The monoisotopic (exact) mass is 1260 g/mol. The molecule has 0 spiro atoms. The van der Waals surface area contributed by atoms with Gasteiger partial charge in [-0.15, -0.1) is 0 Å². The molecule has 9 heteroatoms. The molecular formula is C82H133NO8. The second-order valence-corrected chi connectivity index (χ2v) is 24.8. The summed E-state index contributed by atoms with van der Waals surface area (Å²) in [6.07, 6.45) is 103. The Bertz CT molecular complexity index is 2100. The molecule has 0 aromatic heterocycles. The van der Waals surface area contributed by atoms with Crippen LogP contribution in [-0.2, 0) is 33.3 Å². The number of carboxylic acids is 1.